The van der Waals surface area contributed by atoms with Crippen LogP contribution in [0.4, 0.5) is 19.1 Å². The highest BCUT2D eigenvalue weighted by molar-refractivity contribution is 7.99. The molecule has 0 fully saturated rings. The van der Waals surface area contributed by atoms with Crippen molar-refractivity contribution in [3.05, 3.63) is 71.1 Å². The molecule has 0 spiro atoms. The zero-order valence-corrected chi connectivity index (χ0v) is 19.7. The predicted octanol–water partition coefficient (Wildman–Crippen LogP) is 6.16. The van der Waals surface area contributed by atoms with Crippen LogP contribution in [0.15, 0.2) is 54.9 Å². The van der Waals surface area contributed by atoms with Crippen LogP contribution in [0.3, 0.4) is 0 Å². The molecule has 4 aromatic rings. The van der Waals surface area contributed by atoms with Gasteiger partial charge in [-0.05, 0) is 42.5 Å². The van der Waals surface area contributed by atoms with E-state index in [0.717, 1.165) is 10.9 Å². The van der Waals surface area contributed by atoms with Gasteiger partial charge in [0.05, 0.1) is 21.8 Å². The number of halogens is 4. The number of anilines is 1. The van der Waals surface area contributed by atoms with Gasteiger partial charge in [-0.25, -0.2) is 9.97 Å². The lowest BCUT2D eigenvalue weighted by Gasteiger charge is -2.14. The van der Waals surface area contributed by atoms with E-state index in [2.05, 4.69) is 14.7 Å². The number of rotatable bonds is 8. The number of ether oxygens (including phenoxy) is 2. The fourth-order valence-electron chi connectivity index (χ4n) is 3.31. The Bertz CT molecular complexity index is 1400. The van der Waals surface area contributed by atoms with Crippen LogP contribution in [0.5, 0.6) is 11.5 Å². The number of alkyl halides is 3. The van der Waals surface area contributed by atoms with Gasteiger partial charge < -0.3 is 14.0 Å². The second kappa shape index (κ2) is 10.3. The Morgan fingerprint density at radius 2 is 2.00 bits per heavy atom. The summed E-state index contributed by atoms with van der Waals surface area (Å²) in [6.45, 7) is -1.29. The molecule has 2 heterocycles. The first kappa shape index (κ1) is 24.5. The minimum atomic E-state index is -4.55. The monoisotopic (exact) mass is 519 g/mol. The Morgan fingerprint density at radius 1 is 1.17 bits per heavy atom. The van der Waals surface area contributed by atoms with Crippen LogP contribution in [-0.4, -0.2) is 33.6 Å². The zero-order valence-electron chi connectivity index (χ0n) is 18.1. The van der Waals surface area contributed by atoms with E-state index in [4.69, 9.17) is 21.1 Å². The molecule has 0 atom stereocenters. The Hall–Kier alpha value is -3.62. The standard InChI is InChI=1S/C23H17ClF3N5O2S/c1-35-31-22-29-6-4-16(30-22)12-33-18-2-3-20-14(9-18)5-7-32(20)17-8-15(11-28)21(19(24)10-17)34-13-23(25,26)27/h2-10H,12-13H2,1H3,(H,29,30,31). The Kier molecular flexibility index (Phi) is 7.23. The minimum absolute atomic E-state index is 0.0923. The van der Waals surface area contributed by atoms with Gasteiger partial charge in [-0.2, -0.15) is 18.4 Å². The van der Waals surface area contributed by atoms with E-state index in [9.17, 15) is 18.4 Å². The second-order valence-corrected chi connectivity index (χ2v) is 8.21. The summed E-state index contributed by atoms with van der Waals surface area (Å²) in [7, 11) is 0. The van der Waals surface area contributed by atoms with Crippen molar-refractivity contribution in [2.75, 3.05) is 17.6 Å². The van der Waals surface area contributed by atoms with Crippen molar-refractivity contribution in [2.45, 2.75) is 12.8 Å². The van der Waals surface area contributed by atoms with Gasteiger partial charge in [-0.15, -0.1) is 0 Å². The summed E-state index contributed by atoms with van der Waals surface area (Å²) >= 11 is 7.56. The molecule has 0 saturated carbocycles. The molecule has 180 valence electrons. The fraction of sp³-hybridized carbons (Fsp3) is 0.174. The lowest BCUT2D eigenvalue weighted by atomic mass is 10.2. The molecule has 35 heavy (non-hydrogen) atoms. The molecule has 0 aliphatic heterocycles. The van der Waals surface area contributed by atoms with Crippen LogP contribution in [0.2, 0.25) is 5.02 Å². The normalized spacial score (nSPS) is 11.3. The van der Waals surface area contributed by atoms with E-state index >= 15 is 0 Å². The summed E-state index contributed by atoms with van der Waals surface area (Å²) in [5.41, 5.74) is 1.90. The largest absolute Gasteiger partial charge is 0.487 e. The van der Waals surface area contributed by atoms with E-state index in [0.29, 0.717) is 23.1 Å². The highest BCUT2D eigenvalue weighted by Crippen LogP contribution is 2.34. The Labute approximate surface area is 207 Å². The number of aromatic nitrogens is 3. The van der Waals surface area contributed by atoms with Gasteiger partial charge in [0.15, 0.2) is 12.4 Å². The van der Waals surface area contributed by atoms with Gasteiger partial charge in [0.25, 0.3) is 0 Å². The molecule has 0 saturated heterocycles. The molecule has 0 bridgehead atoms. The molecular formula is C23H17ClF3N5O2S. The van der Waals surface area contributed by atoms with Gasteiger partial charge >= 0.3 is 6.18 Å². The first-order valence-electron chi connectivity index (χ1n) is 10.1. The maximum atomic E-state index is 12.5. The summed E-state index contributed by atoms with van der Waals surface area (Å²) in [5.74, 6) is 0.819. The minimum Gasteiger partial charge on any atom is -0.487 e. The lowest BCUT2D eigenvalue weighted by Crippen LogP contribution is -2.19. The highest BCUT2D eigenvalue weighted by Gasteiger charge is 2.29. The number of fused-ring (bicyclic) bond motifs is 1. The summed E-state index contributed by atoms with van der Waals surface area (Å²) < 4.78 is 53.0. The summed E-state index contributed by atoms with van der Waals surface area (Å²) in [6.07, 6.45) is 0.737. The Balaban J connectivity index is 1.56. The van der Waals surface area contributed by atoms with Crippen LogP contribution in [0.25, 0.3) is 16.6 Å². The van der Waals surface area contributed by atoms with Gasteiger partial charge in [-0.1, -0.05) is 23.5 Å². The van der Waals surface area contributed by atoms with E-state index < -0.39 is 12.8 Å². The van der Waals surface area contributed by atoms with Crippen molar-refractivity contribution in [3.8, 4) is 23.3 Å². The molecular weight excluding hydrogens is 503 g/mol. The molecule has 1 N–H and O–H groups in total. The zero-order chi connectivity index (χ0) is 25.0. The van der Waals surface area contributed by atoms with E-state index in [1.54, 1.807) is 29.1 Å². The van der Waals surface area contributed by atoms with Gasteiger partial charge in [0.2, 0.25) is 5.95 Å². The number of benzene rings is 2. The van der Waals surface area contributed by atoms with Gasteiger partial charge in [0, 0.05) is 29.7 Å². The third-order valence-electron chi connectivity index (χ3n) is 4.76. The first-order valence-corrected chi connectivity index (χ1v) is 11.7. The molecule has 12 heteroatoms. The molecule has 0 aliphatic carbocycles. The number of nitrogens with zero attached hydrogens (tertiary/aromatic N) is 4. The smallest absolute Gasteiger partial charge is 0.422 e. The number of hydrogen-bond acceptors (Lipinski definition) is 7. The molecule has 2 aromatic carbocycles. The topological polar surface area (TPSA) is 85.0 Å². The summed E-state index contributed by atoms with van der Waals surface area (Å²) in [6, 6.07) is 13.8. The van der Waals surface area contributed by atoms with Gasteiger partial charge in [-0.3, -0.25) is 4.72 Å². The van der Waals surface area contributed by atoms with Crippen LogP contribution < -0.4 is 14.2 Å². The van der Waals surface area contributed by atoms with Crippen molar-refractivity contribution in [2.24, 2.45) is 0 Å². The molecule has 4 rings (SSSR count). The molecule has 0 unspecified atom stereocenters. The van der Waals surface area contributed by atoms with Crippen molar-refractivity contribution >= 4 is 40.4 Å². The predicted molar refractivity (Wildman–Crippen MR) is 128 cm³/mol. The second-order valence-electron chi connectivity index (χ2n) is 7.19. The average molecular weight is 520 g/mol. The highest BCUT2D eigenvalue weighted by atomic mass is 35.5. The SMILES string of the molecule is CSNc1nccc(COc2ccc3c(ccn3-c3cc(Cl)c(OCC(F)(F)F)c(C#N)c3)c2)n1. The van der Waals surface area contributed by atoms with E-state index in [-0.39, 0.29) is 22.9 Å². The Morgan fingerprint density at radius 3 is 2.74 bits per heavy atom. The average Bonchev–Trinajstić information content (AvgIpc) is 3.24. The number of nitrogens with one attached hydrogen (secondary N) is 1. The fourth-order valence-corrected chi connectivity index (χ4v) is 3.86. The molecule has 0 radical (unpaired) electrons. The maximum Gasteiger partial charge on any atom is 0.422 e. The molecule has 0 aliphatic rings. The van der Waals surface area contributed by atoms with Crippen molar-refractivity contribution in [1.29, 1.82) is 5.26 Å². The summed E-state index contributed by atoms with van der Waals surface area (Å²) in [5, 5.41) is 10.2. The van der Waals surface area contributed by atoms with Crippen LogP contribution >= 0.6 is 23.5 Å². The number of hydrogen-bond donors (Lipinski definition) is 1. The first-order chi connectivity index (χ1) is 16.8. The van der Waals surface area contributed by atoms with Crippen LogP contribution in [0.1, 0.15) is 11.3 Å². The lowest BCUT2D eigenvalue weighted by molar-refractivity contribution is -0.153. The van der Waals surface area contributed by atoms with E-state index in [1.807, 2.05) is 30.5 Å². The van der Waals surface area contributed by atoms with E-state index in [1.165, 1.54) is 24.1 Å². The van der Waals surface area contributed by atoms with Crippen molar-refractivity contribution in [3.63, 3.8) is 0 Å². The molecule has 0 amide bonds. The molecule has 7 nitrogen and oxygen atoms in total. The van der Waals surface area contributed by atoms with Gasteiger partial charge in [0.1, 0.15) is 18.4 Å². The molecule has 2 aromatic heterocycles. The van der Waals surface area contributed by atoms with Crippen molar-refractivity contribution < 1.29 is 22.6 Å². The third kappa shape index (κ3) is 5.90. The van der Waals surface area contributed by atoms with Crippen LogP contribution in [0, 0.1) is 11.3 Å². The van der Waals surface area contributed by atoms with Crippen molar-refractivity contribution in [1.82, 2.24) is 14.5 Å². The number of nitriles is 1. The van der Waals surface area contributed by atoms with Crippen LogP contribution in [-0.2, 0) is 6.61 Å². The third-order valence-corrected chi connectivity index (χ3v) is 5.43. The summed E-state index contributed by atoms with van der Waals surface area (Å²) in [4.78, 5) is 8.47. The maximum absolute atomic E-state index is 12.5. The quantitative estimate of drug-likeness (QED) is 0.279.